The largest absolute Gasteiger partial charge is 0.350 e. The van der Waals surface area contributed by atoms with Gasteiger partial charge in [0.1, 0.15) is 0 Å². The molecular formula is C29H24N4O2. The number of hydrogen-bond acceptors (Lipinski definition) is 3. The van der Waals surface area contributed by atoms with Gasteiger partial charge in [-0.25, -0.2) is 0 Å². The molecule has 0 spiro atoms. The van der Waals surface area contributed by atoms with Crippen molar-refractivity contribution < 1.29 is 9.59 Å². The minimum absolute atomic E-state index is 0.367. The summed E-state index contributed by atoms with van der Waals surface area (Å²) < 4.78 is 4.11. The first kappa shape index (κ1) is 21.1. The molecule has 172 valence electrons. The van der Waals surface area contributed by atoms with E-state index in [2.05, 4.69) is 22.0 Å². The molecule has 3 aromatic carbocycles. The highest BCUT2D eigenvalue weighted by Gasteiger charge is 2.35. The molecule has 0 aliphatic carbocycles. The van der Waals surface area contributed by atoms with Crippen LogP contribution in [0.5, 0.6) is 0 Å². The van der Waals surface area contributed by atoms with Crippen LogP contribution in [0.25, 0.3) is 33.0 Å². The van der Waals surface area contributed by atoms with E-state index < -0.39 is 0 Å². The molecule has 2 amide bonds. The summed E-state index contributed by atoms with van der Waals surface area (Å²) in [6.07, 6.45) is 3.91. The predicted molar refractivity (Wildman–Crippen MR) is 138 cm³/mol. The summed E-state index contributed by atoms with van der Waals surface area (Å²) in [6, 6.07) is 24.1. The molecule has 1 aliphatic rings. The summed E-state index contributed by atoms with van der Waals surface area (Å²) in [4.78, 5) is 26.3. The molecular weight excluding hydrogens is 436 g/mol. The van der Waals surface area contributed by atoms with Crippen molar-refractivity contribution in [3.8, 4) is 0 Å². The quantitative estimate of drug-likeness (QED) is 0.386. The Labute approximate surface area is 202 Å². The normalized spacial score (nSPS) is 13.9. The third-order valence-electron chi connectivity index (χ3n) is 6.74. The Balaban J connectivity index is 1.57. The highest BCUT2D eigenvalue weighted by atomic mass is 16.2. The van der Waals surface area contributed by atoms with Gasteiger partial charge in [0.25, 0.3) is 11.8 Å². The van der Waals surface area contributed by atoms with Gasteiger partial charge in [0.2, 0.25) is 0 Å². The first-order chi connectivity index (χ1) is 17.0. The van der Waals surface area contributed by atoms with Crippen LogP contribution in [0.2, 0.25) is 0 Å². The number of fused-ring (bicyclic) bond motifs is 2. The number of amides is 2. The first-order valence-corrected chi connectivity index (χ1v) is 11.6. The topological polar surface area (TPSA) is 82.0 Å². The van der Waals surface area contributed by atoms with Crippen LogP contribution in [-0.4, -0.2) is 20.9 Å². The number of para-hydroxylation sites is 2. The van der Waals surface area contributed by atoms with Crippen molar-refractivity contribution >= 4 is 44.8 Å². The third kappa shape index (κ3) is 3.38. The van der Waals surface area contributed by atoms with Crippen LogP contribution in [0.1, 0.15) is 22.3 Å². The van der Waals surface area contributed by atoms with Gasteiger partial charge in [-0.2, -0.15) is 0 Å². The maximum absolute atomic E-state index is 13.2. The van der Waals surface area contributed by atoms with Gasteiger partial charge in [-0.1, -0.05) is 60.7 Å². The van der Waals surface area contributed by atoms with Crippen molar-refractivity contribution in [1.29, 1.82) is 0 Å². The van der Waals surface area contributed by atoms with Gasteiger partial charge in [0.15, 0.2) is 0 Å². The fraction of sp³-hybridized carbons (Fsp3) is 0.103. The van der Waals surface area contributed by atoms with Gasteiger partial charge in [0, 0.05) is 65.5 Å². The maximum atomic E-state index is 13.2. The van der Waals surface area contributed by atoms with E-state index in [1.54, 1.807) is 0 Å². The van der Waals surface area contributed by atoms with Crippen molar-refractivity contribution in [2.45, 2.75) is 13.1 Å². The molecule has 0 bridgehead atoms. The summed E-state index contributed by atoms with van der Waals surface area (Å²) in [5.74, 6) is -0.736. The lowest BCUT2D eigenvalue weighted by Gasteiger charge is -2.07. The van der Waals surface area contributed by atoms with Crippen LogP contribution in [0.15, 0.2) is 85.2 Å². The minimum Gasteiger partial charge on any atom is -0.350 e. The van der Waals surface area contributed by atoms with Crippen LogP contribution in [0.4, 0.5) is 0 Å². The second kappa shape index (κ2) is 8.11. The van der Waals surface area contributed by atoms with Crippen LogP contribution < -0.4 is 11.1 Å². The van der Waals surface area contributed by atoms with Crippen molar-refractivity contribution in [3.05, 3.63) is 107 Å². The van der Waals surface area contributed by atoms with Gasteiger partial charge >= 0.3 is 0 Å². The number of carbonyl (C=O) groups is 2. The molecule has 35 heavy (non-hydrogen) atoms. The molecule has 0 saturated heterocycles. The van der Waals surface area contributed by atoms with Crippen LogP contribution >= 0.6 is 0 Å². The van der Waals surface area contributed by atoms with Crippen molar-refractivity contribution in [2.24, 2.45) is 12.8 Å². The molecule has 3 N–H and O–H groups in total. The number of nitrogens with zero attached hydrogens (tertiary/aromatic N) is 2. The smallest absolute Gasteiger partial charge is 0.259 e. The highest BCUT2D eigenvalue weighted by molar-refractivity contribution is 6.50. The minimum atomic E-state index is -0.369. The Hall–Kier alpha value is -4.42. The van der Waals surface area contributed by atoms with E-state index in [0.717, 1.165) is 44.1 Å². The molecule has 1 aliphatic heterocycles. The summed E-state index contributed by atoms with van der Waals surface area (Å²) in [5, 5.41) is 4.41. The average molecular weight is 461 g/mol. The number of benzene rings is 3. The van der Waals surface area contributed by atoms with Crippen molar-refractivity contribution in [1.82, 2.24) is 14.5 Å². The van der Waals surface area contributed by atoms with Gasteiger partial charge in [-0.05, 0) is 23.3 Å². The summed E-state index contributed by atoms with van der Waals surface area (Å²) >= 11 is 0. The first-order valence-electron chi connectivity index (χ1n) is 11.6. The van der Waals surface area contributed by atoms with E-state index in [4.69, 9.17) is 5.73 Å². The Morgan fingerprint density at radius 2 is 1.34 bits per heavy atom. The molecule has 0 atom stereocenters. The zero-order chi connectivity index (χ0) is 24.1. The standard InChI is InChI=1S/C29H24N4O2/c1-32-16-22(20-9-2-4-11-24(20)32)26-27(29(35)31-28(26)34)23-17-33(25-12-5-3-10-21(23)25)15-19-8-6-7-18(13-19)14-30/h2-13,16-17H,14-15,30H2,1H3,(H,31,34,35). The number of rotatable bonds is 5. The zero-order valence-electron chi connectivity index (χ0n) is 19.3. The zero-order valence-corrected chi connectivity index (χ0v) is 19.3. The van der Waals surface area contributed by atoms with Crippen molar-refractivity contribution in [2.75, 3.05) is 0 Å². The molecule has 6 rings (SSSR count). The molecule has 0 saturated carbocycles. The SMILES string of the molecule is Cn1cc(C2=C(c3cn(Cc4cccc(CN)c4)c4ccccc34)C(=O)NC2=O)c2ccccc21. The number of imide groups is 1. The van der Waals surface area contributed by atoms with Crippen LogP contribution in [0, 0.1) is 0 Å². The van der Waals surface area contributed by atoms with Gasteiger partial charge < -0.3 is 14.9 Å². The van der Waals surface area contributed by atoms with E-state index in [1.807, 2.05) is 84.7 Å². The second-order valence-electron chi connectivity index (χ2n) is 8.92. The molecule has 5 aromatic rings. The Morgan fingerprint density at radius 3 is 2.06 bits per heavy atom. The lowest BCUT2D eigenvalue weighted by Crippen LogP contribution is -2.22. The van der Waals surface area contributed by atoms with Gasteiger partial charge in [-0.3, -0.25) is 14.9 Å². The number of nitrogens with one attached hydrogen (secondary N) is 1. The fourth-order valence-corrected chi connectivity index (χ4v) is 5.14. The Bertz CT molecular complexity index is 1690. The van der Waals surface area contributed by atoms with Gasteiger partial charge in [-0.15, -0.1) is 0 Å². The average Bonchev–Trinajstić information content (AvgIpc) is 3.50. The molecule has 2 aromatic heterocycles. The maximum Gasteiger partial charge on any atom is 0.259 e. The van der Waals surface area contributed by atoms with E-state index in [9.17, 15) is 9.59 Å². The van der Waals surface area contributed by atoms with E-state index >= 15 is 0 Å². The number of hydrogen-bond donors (Lipinski definition) is 2. The lowest BCUT2D eigenvalue weighted by molar-refractivity contribution is -0.122. The molecule has 6 heteroatoms. The van der Waals surface area contributed by atoms with Crippen molar-refractivity contribution in [3.63, 3.8) is 0 Å². The molecule has 0 radical (unpaired) electrons. The summed E-state index contributed by atoms with van der Waals surface area (Å²) in [6.45, 7) is 1.11. The predicted octanol–water partition coefficient (Wildman–Crippen LogP) is 4.21. The second-order valence-corrected chi connectivity index (χ2v) is 8.92. The number of nitrogens with two attached hydrogens (primary N) is 1. The van der Waals surface area contributed by atoms with E-state index in [1.165, 1.54) is 0 Å². The Kier molecular flexibility index (Phi) is 4.90. The van der Waals surface area contributed by atoms with Crippen LogP contribution in [-0.2, 0) is 29.7 Å². The highest BCUT2D eigenvalue weighted by Crippen LogP contribution is 2.38. The number of carbonyl (C=O) groups excluding carboxylic acids is 2. The third-order valence-corrected chi connectivity index (χ3v) is 6.74. The Morgan fingerprint density at radius 1 is 0.743 bits per heavy atom. The summed E-state index contributed by atoms with van der Waals surface area (Å²) in [5.41, 5.74) is 12.4. The number of aryl methyl sites for hydroxylation is 1. The monoisotopic (exact) mass is 460 g/mol. The van der Waals surface area contributed by atoms with Gasteiger partial charge in [0.05, 0.1) is 11.1 Å². The van der Waals surface area contributed by atoms with Crippen LogP contribution in [0.3, 0.4) is 0 Å². The fourth-order valence-electron chi connectivity index (χ4n) is 5.14. The van der Waals surface area contributed by atoms with E-state index in [0.29, 0.717) is 24.2 Å². The molecule has 6 nitrogen and oxygen atoms in total. The molecule has 0 unspecified atom stereocenters. The molecule has 3 heterocycles. The lowest BCUT2D eigenvalue weighted by atomic mass is 9.95. The van der Waals surface area contributed by atoms with E-state index in [-0.39, 0.29) is 11.8 Å². The molecule has 0 fully saturated rings. The number of aromatic nitrogens is 2. The summed E-state index contributed by atoms with van der Waals surface area (Å²) in [7, 11) is 1.95.